The molecular formula is C19H18FNO5. The lowest BCUT2D eigenvalue weighted by molar-refractivity contribution is -0.149. The second kappa shape index (κ2) is 8.75. The Morgan fingerprint density at radius 1 is 1.04 bits per heavy atom. The first-order valence-electron chi connectivity index (χ1n) is 7.80. The van der Waals surface area contributed by atoms with Crippen molar-refractivity contribution in [2.45, 2.75) is 13.8 Å². The van der Waals surface area contributed by atoms with Gasteiger partial charge < -0.3 is 14.8 Å². The lowest BCUT2D eigenvalue weighted by atomic mass is 10.1. The van der Waals surface area contributed by atoms with Crippen molar-refractivity contribution in [2.24, 2.45) is 0 Å². The minimum absolute atomic E-state index is 0.0737. The smallest absolute Gasteiger partial charge is 0.344 e. The Hall–Kier alpha value is -3.22. The fraction of sp³-hybridized carbons (Fsp3) is 0.211. The first kappa shape index (κ1) is 19.1. The molecule has 0 aliphatic heterocycles. The van der Waals surface area contributed by atoms with E-state index in [1.54, 1.807) is 37.3 Å². The van der Waals surface area contributed by atoms with Crippen LogP contribution in [0.25, 0.3) is 0 Å². The summed E-state index contributed by atoms with van der Waals surface area (Å²) in [6, 6.07) is 10.5. The Balaban J connectivity index is 1.74. The summed E-state index contributed by atoms with van der Waals surface area (Å²) < 4.78 is 23.4. The molecule has 26 heavy (non-hydrogen) atoms. The number of amides is 1. The molecule has 136 valence electrons. The summed E-state index contributed by atoms with van der Waals surface area (Å²) in [4.78, 5) is 34.5. The van der Waals surface area contributed by atoms with Crippen LogP contribution in [0.1, 0.15) is 22.8 Å². The zero-order chi connectivity index (χ0) is 19.1. The van der Waals surface area contributed by atoms with Gasteiger partial charge in [0.25, 0.3) is 5.91 Å². The number of ether oxygens (including phenoxy) is 2. The highest BCUT2D eigenvalue weighted by Crippen LogP contribution is 2.14. The van der Waals surface area contributed by atoms with E-state index in [-0.39, 0.29) is 18.1 Å². The van der Waals surface area contributed by atoms with Crippen LogP contribution in [0.4, 0.5) is 10.1 Å². The van der Waals surface area contributed by atoms with Crippen LogP contribution in [0.15, 0.2) is 42.5 Å². The Morgan fingerprint density at radius 2 is 1.73 bits per heavy atom. The van der Waals surface area contributed by atoms with E-state index in [9.17, 15) is 18.8 Å². The number of benzene rings is 2. The maximum absolute atomic E-state index is 13.4. The molecule has 0 saturated carbocycles. The van der Waals surface area contributed by atoms with E-state index in [0.29, 0.717) is 16.9 Å². The summed E-state index contributed by atoms with van der Waals surface area (Å²) in [6.45, 7) is 2.16. The topological polar surface area (TPSA) is 81.7 Å². The van der Waals surface area contributed by atoms with Gasteiger partial charge in [-0.2, -0.15) is 0 Å². The second-order valence-electron chi connectivity index (χ2n) is 5.54. The van der Waals surface area contributed by atoms with Crippen LogP contribution in [-0.2, 0) is 14.3 Å². The predicted molar refractivity (Wildman–Crippen MR) is 92.7 cm³/mol. The highest BCUT2D eigenvalue weighted by atomic mass is 19.1. The van der Waals surface area contributed by atoms with Crippen LogP contribution in [0.5, 0.6) is 5.75 Å². The van der Waals surface area contributed by atoms with Crippen molar-refractivity contribution in [3.8, 4) is 5.75 Å². The van der Waals surface area contributed by atoms with Crippen molar-refractivity contribution in [2.75, 3.05) is 18.5 Å². The van der Waals surface area contributed by atoms with E-state index in [0.717, 1.165) is 0 Å². The minimum atomic E-state index is -0.731. The predicted octanol–water partition coefficient (Wildman–Crippen LogP) is 2.90. The average molecular weight is 359 g/mol. The summed E-state index contributed by atoms with van der Waals surface area (Å²) in [5.74, 6) is -1.44. The fourth-order valence-electron chi connectivity index (χ4n) is 1.98. The molecule has 0 saturated heterocycles. The third-order valence-corrected chi connectivity index (χ3v) is 3.44. The lowest BCUT2D eigenvalue weighted by Gasteiger charge is -2.08. The number of carbonyl (C=O) groups excluding carboxylic acids is 3. The molecule has 0 aliphatic rings. The van der Waals surface area contributed by atoms with Gasteiger partial charge in [-0.15, -0.1) is 0 Å². The van der Waals surface area contributed by atoms with E-state index in [2.05, 4.69) is 5.32 Å². The van der Waals surface area contributed by atoms with Crippen LogP contribution in [-0.4, -0.2) is 30.9 Å². The molecule has 0 bridgehead atoms. The molecular weight excluding hydrogens is 341 g/mol. The average Bonchev–Trinajstić information content (AvgIpc) is 2.61. The molecule has 0 aromatic heterocycles. The molecule has 0 heterocycles. The number of anilines is 1. The molecule has 7 heteroatoms. The molecule has 0 radical (unpaired) electrons. The molecule has 2 rings (SSSR count). The summed E-state index contributed by atoms with van der Waals surface area (Å²) in [5, 5.41) is 2.43. The number of halogens is 1. The maximum atomic E-state index is 13.4. The fourth-order valence-corrected chi connectivity index (χ4v) is 1.98. The van der Waals surface area contributed by atoms with Gasteiger partial charge in [0, 0.05) is 11.3 Å². The molecule has 1 amide bonds. The van der Waals surface area contributed by atoms with Gasteiger partial charge in [-0.1, -0.05) is 6.07 Å². The number of hydrogen-bond donors (Lipinski definition) is 1. The van der Waals surface area contributed by atoms with Crippen LogP contribution in [0, 0.1) is 12.7 Å². The van der Waals surface area contributed by atoms with Crippen LogP contribution < -0.4 is 10.1 Å². The second-order valence-corrected chi connectivity index (χ2v) is 5.54. The van der Waals surface area contributed by atoms with Crippen molar-refractivity contribution in [1.82, 2.24) is 0 Å². The minimum Gasteiger partial charge on any atom is -0.482 e. The van der Waals surface area contributed by atoms with Crippen molar-refractivity contribution in [3.05, 3.63) is 59.4 Å². The van der Waals surface area contributed by atoms with E-state index in [1.807, 2.05) is 0 Å². The zero-order valence-corrected chi connectivity index (χ0v) is 14.4. The third-order valence-electron chi connectivity index (χ3n) is 3.44. The first-order chi connectivity index (χ1) is 12.3. The Bertz CT molecular complexity index is 817. The van der Waals surface area contributed by atoms with Crippen LogP contribution in [0.3, 0.4) is 0 Å². The first-order valence-corrected chi connectivity index (χ1v) is 7.80. The van der Waals surface area contributed by atoms with Gasteiger partial charge in [0.2, 0.25) is 0 Å². The summed E-state index contributed by atoms with van der Waals surface area (Å²) in [7, 11) is 0. The third kappa shape index (κ3) is 5.70. The number of hydrogen-bond acceptors (Lipinski definition) is 5. The molecule has 2 aromatic carbocycles. The standard InChI is InChI=1S/C19H18FNO5/c1-12-3-6-15(9-17(12)20)21-18(23)10-26-19(24)11-25-16-7-4-14(5-8-16)13(2)22/h3-9H,10-11H2,1-2H3,(H,21,23). The van der Waals surface area contributed by atoms with E-state index < -0.39 is 24.3 Å². The van der Waals surface area contributed by atoms with Gasteiger partial charge in [-0.05, 0) is 55.8 Å². The molecule has 6 nitrogen and oxygen atoms in total. The van der Waals surface area contributed by atoms with Crippen LogP contribution >= 0.6 is 0 Å². The summed E-state index contributed by atoms with van der Waals surface area (Å²) in [5.41, 5.74) is 1.27. The molecule has 1 N–H and O–H groups in total. The van der Waals surface area contributed by atoms with Gasteiger partial charge in [0.1, 0.15) is 11.6 Å². The Kier molecular flexibility index (Phi) is 6.43. The van der Waals surface area contributed by atoms with Crippen LogP contribution in [0.2, 0.25) is 0 Å². The van der Waals surface area contributed by atoms with Gasteiger partial charge >= 0.3 is 5.97 Å². The number of ketones is 1. The highest BCUT2D eigenvalue weighted by Gasteiger charge is 2.10. The van der Waals surface area contributed by atoms with Gasteiger partial charge in [0.15, 0.2) is 19.0 Å². The van der Waals surface area contributed by atoms with Gasteiger partial charge in [-0.3, -0.25) is 9.59 Å². The number of nitrogens with one attached hydrogen (secondary N) is 1. The molecule has 0 spiro atoms. The van der Waals surface area contributed by atoms with E-state index >= 15 is 0 Å². The molecule has 0 unspecified atom stereocenters. The monoisotopic (exact) mass is 359 g/mol. The summed E-state index contributed by atoms with van der Waals surface area (Å²) >= 11 is 0. The van der Waals surface area contributed by atoms with E-state index in [4.69, 9.17) is 9.47 Å². The van der Waals surface area contributed by atoms with Gasteiger partial charge in [0.05, 0.1) is 0 Å². The van der Waals surface area contributed by atoms with Gasteiger partial charge in [-0.25, -0.2) is 9.18 Å². The lowest BCUT2D eigenvalue weighted by Crippen LogP contribution is -2.23. The molecule has 0 fully saturated rings. The van der Waals surface area contributed by atoms with E-state index in [1.165, 1.54) is 19.1 Å². The van der Waals surface area contributed by atoms with Crippen molar-refractivity contribution in [3.63, 3.8) is 0 Å². The zero-order valence-electron chi connectivity index (χ0n) is 14.4. The quantitative estimate of drug-likeness (QED) is 0.607. The summed E-state index contributed by atoms with van der Waals surface area (Å²) in [6.07, 6.45) is 0. The van der Waals surface area contributed by atoms with Crippen molar-refractivity contribution < 1.29 is 28.2 Å². The largest absolute Gasteiger partial charge is 0.482 e. The Morgan fingerprint density at radius 3 is 2.35 bits per heavy atom. The normalized spacial score (nSPS) is 10.1. The molecule has 0 atom stereocenters. The van der Waals surface area contributed by atoms with Crippen molar-refractivity contribution >= 4 is 23.3 Å². The number of Topliss-reactive ketones (excluding diaryl/α,β-unsaturated/α-hetero) is 1. The molecule has 2 aromatic rings. The molecule has 0 aliphatic carbocycles. The number of aryl methyl sites for hydroxylation is 1. The number of carbonyl (C=O) groups is 3. The highest BCUT2D eigenvalue weighted by molar-refractivity contribution is 5.94. The maximum Gasteiger partial charge on any atom is 0.344 e. The number of rotatable bonds is 7. The number of esters is 1. The van der Waals surface area contributed by atoms with Crippen molar-refractivity contribution in [1.29, 1.82) is 0 Å². The SMILES string of the molecule is CC(=O)c1ccc(OCC(=O)OCC(=O)Nc2ccc(C)c(F)c2)cc1. The Labute approximate surface area is 149 Å².